The van der Waals surface area contributed by atoms with Gasteiger partial charge >= 0.3 is 13.6 Å². The van der Waals surface area contributed by atoms with Gasteiger partial charge in [0, 0.05) is 6.54 Å². The van der Waals surface area contributed by atoms with Crippen molar-refractivity contribution in [2.75, 3.05) is 24.5 Å². The van der Waals surface area contributed by atoms with Gasteiger partial charge in [-0.25, -0.2) is 9.78 Å². The summed E-state index contributed by atoms with van der Waals surface area (Å²) in [4.78, 5) is 33.0. The molecule has 1 rings (SSSR count). The van der Waals surface area contributed by atoms with Gasteiger partial charge in [-0.05, 0) is 13.2 Å². The van der Waals surface area contributed by atoms with Crippen molar-refractivity contribution in [3.8, 4) is 0 Å². The molecule has 7 nitrogen and oxygen atoms in total. The van der Waals surface area contributed by atoms with E-state index in [2.05, 4.69) is 15.0 Å². The standard InChI is InChI=1S/C8H13N2O5PS2/c1-3-9-6-5(10-8(17-2)18-6)7(11)15-4-16(12,13)14/h9H,3-4H2,1-2H3,(H2,12,13,14). The average molecular weight is 312 g/mol. The first kappa shape index (κ1) is 15.5. The molecular weight excluding hydrogens is 299 g/mol. The van der Waals surface area contributed by atoms with Crippen LogP contribution < -0.4 is 5.32 Å². The molecule has 0 aliphatic rings. The van der Waals surface area contributed by atoms with Gasteiger partial charge in [-0.2, -0.15) is 0 Å². The maximum absolute atomic E-state index is 11.6. The Balaban J connectivity index is 2.83. The lowest BCUT2D eigenvalue weighted by atomic mass is 10.4. The second kappa shape index (κ2) is 6.53. The SMILES string of the molecule is CCNc1sc(SC)nc1C(=O)OCP(=O)(O)O. The lowest BCUT2D eigenvalue weighted by molar-refractivity contribution is 0.0544. The van der Waals surface area contributed by atoms with Crippen LogP contribution in [-0.2, 0) is 9.30 Å². The number of thioether (sulfide) groups is 1. The molecule has 1 aromatic heterocycles. The number of carbonyl (C=O) groups is 1. The van der Waals surface area contributed by atoms with E-state index in [4.69, 9.17) is 9.79 Å². The predicted octanol–water partition coefficient (Wildman–Crippen LogP) is 1.59. The molecule has 0 saturated carbocycles. The highest BCUT2D eigenvalue weighted by Crippen LogP contribution is 2.35. The summed E-state index contributed by atoms with van der Waals surface area (Å²) in [5.74, 6) is -0.842. The number of esters is 1. The molecule has 0 unspecified atom stereocenters. The molecule has 102 valence electrons. The number of rotatable bonds is 6. The number of carbonyl (C=O) groups excluding carboxylic acids is 1. The van der Waals surface area contributed by atoms with Crippen molar-refractivity contribution in [2.24, 2.45) is 0 Å². The van der Waals surface area contributed by atoms with Crippen LogP contribution in [0.4, 0.5) is 5.00 Å². The zero-order valence-electron chi connectivity index (χ0n) is 9.74. The zero-order valence-corrected chi connectivity index (χ0v) is 12.3. The van der Waals surface area contributed by atoms with Crippen molar-refractivity contribution in [2.45, 2.75) is 11.3 Å². The number of nitrogens with one attached hydrogen (secondary N) is 1. The van der Waals surface area contributed by atoms with Gasteiger partial charge in [0.2, 0.25) is 0 Å². The topological polar surface area (TPSA) is 109 Å². The molecule has 0 aliphatic carbocycles. The number of nitrogens with zero attached hydrogens (tertiary/aromatic N) is 1. The second-order valence-electron chi connectivity index (χ2n) is 3.12. The maximum atomic E-state index is 11.6. The molecule has 0 radical (unpaired) electrons. The maximum Gasteiger partial charge on any atom is 0.362 e. The summed E-state index contributed by atoms with van der Waals surface area (Å²) in [6.07, 6.45) is 0.878. The van der Waals surface area contributed by atoms with Crippen LogP contribution in [0.15, 0.2) is 4.34 Å². The molecule has 3 N–H and O–H groups in total. The van der Waals surface area contributed by atoms with E-state index in [0.717, 1.165) is 0 Å². The Bertz CT molecular complexity index is 472. The fourth-order valence-corrected chi connectivity index (χ4v) is 2.82. The van der Waals surface area contributed by atoms with Crippen molar-refractivity contribution < 1.29 is 23.9 Å². The van der Waals surface area contributed by atoms with Gasteiger partial charge in [-0.1, -0.05) is 23.1 Å². The number of ether oxygens (including phenoxy) is 1. The summed E-state index contributed by atoms with van der Waals surface area (Å²) in [6.45, 7) is 2.47. The lowest BCUT2D eigenvalue weighted by Crippen LogP contribution is -2.10. The highest BCUT2D eigenvalue weighted by Gasteiger charge is 2.22. The van der Waals surface area contributed by atoms with Crippen LogP contribution in [0.1, 0.15) is 17.4 Å². The van der Waals surface area contributed by atoms with Gasteiger partial charge in [-0.15, -0.1) is 0 Å². The van der Waals surface area contributed by atoms with E-state index in [0.29, 0.717) is 15.9 Å². The van der Waals surface area contributed by atoms with Crippen LogP contribution in [0.5, 0.6) is 0 Å². The Morgan fingerprint density at radius 3 is 2.78 bits per heavy atom. The van der Waals surface area contributed by atoms with Gasteiger partial charge in [0.1, 0.15) is 5.00 Å². The molecule has 0 fully saturated rings. The quantitative estimate of drug-likeness (QED) is 0.413. The molecule has 0 amide bonds. The molecular formula is C8H13N2O5PS2. The minimum absolute atomic E-state index is 0.0552. The third-order valence-electron chi connectivity index (χ3n) is 1.68. The monoisotopic (exact) mass is 312 g/mol. The highest BCUT2D eigenvalue weighted by molar-refractivity contribution is 8.00. The number of anilines is 1. The number of thiazole rings is 1. The van der Waals surface area contributed by atoms with E-state index in [1.165, 1.54) is 23.1 Å². The van der Waals surface area contributed by atoms with Gasteiger partial charge < -0.3 is 19.8 Å². The number of aromatic nitrogens is 1. The van der Waals surface area contributed by atoms with Gasteiger partial charge in [0.15, 0.2) is 16.4 Å². The van der Waals surface area contributed by atoms with E-state index >= 15 is 0 Å². The largest absolute Gasteiger partial charge is 0.448 e. The zero-order chi connectivity index (χ0) is 13.8. The van der Waals surface area contributed by atoms with Crippen LogP contribution in [0, 0.1) is 0 Å². The molecule has 10 heteroatoms. The molecule has 1 heterocycles. The Labute approximate surface area is 112 Å². The van der Waals surface area contributed by atoms with Crippen molar-refractivity contribution in [3.05, 3.63) is 5.69 Å². The third kappa shape index (κ3) is 4.58. The normalized spacial score (nSPS) is 11.3. The Hall–Kier alpha value is -0.600. The number of hydrogen-bond acceptors (Lipinski definition) is 7. The summed E-state index contributed by atoms with van der Waals surface area (Å²) in [5.41, 5.74) is 0.0552. The van der Waals surface area contributed by atoms with Crippen molar-refractivity contribution in [1.29, 1.82) is 0 Å². The second-order valence-corrected chi connectivity index (χ2v) is 6.76. The lowest BCUT2D eigenvalue weighted by Gasteiger charge is -2.06. The molecule has 0 bridgehead atoms. The van der Waals surface area contributed by atoms with Gasteiger partial charge in [0.05, 0.1) is 0 Å². The molecule has 18 heavy (non-hydrogen) atoms. The minimum atomic E-state index is -4.36. The molecule has 0 spiro atoms. The summed E-state index contributed by atoms with van der Waals surface area (Å²) >= 11 is 2.67. The van der Waals surface area contributed by atoms with Crippen LogP contribution in [0.2, 0.25) is 0 Å². The van der Waals surface area contributed by atoms with Crippen molar-refractivity contribution in [3.63, 3.8) is 0 Å². The van der Waals surface area contributed by atoms with Gasteiger partial charge in [0.25, 0.3) is 0 Å². The predicted molar refractivity (Wildman–Crippen MR) is 70.4 cm³/mol. The van der Waals surface area contributed by atoms with E-state index in [-0.39, 0.29) is 5.69 Å². The van der Waals surface area contributed by atoms with E-state index < -0.39 is 19.9 Å². The minimum Gasteiger partial charge on any atom is -0.448 e. The fraction of sp³-hybridized carbons (Fsp3) is 0.500. The smallest absolute Gasteiger partial charge is 0.362 e. The first-order valence-electron chi connectivity index (χ1n) is 4.87. The Morgan fingerprint density at radius 2 is 2.28 bits per heavy atom. The van der Waals surface area contributed by atoms with Crippen LogP contribution >= 0.6 is 30.7 Å². The molecule has 1 aromatic rings. The van der Waals surface area contributed by atoms with Crippen LogP contribution in [0.3, 0.4) is 0 Å². The average Bonchev–Trinajstić information content (AvgIpc) is 2.69. The van der Waals surface area contributed by atoms with E-state index in [9.17, 15) is 9.36 Å². The van der Waals surface area contributed by atoms with Crippen molar-refractivity contribution >= 4 is 41.7 Å². The summed E-state index contributed by atoms with van der Waals surface area (Å²) in [7, 11) is -4.36. The molecule has 0 atom stereocenters. The summed E-state index contributed by atoms with van der Waals surface area (Å²) < 4.78 is 15.8. The van der Waals surface area contributed by atoms with Crippen LogP contribution in [0.25, 0.3) is 0 Å². The first-order valence-corrected chi connectivity index (χ1v) is 8.71. The highest BCUT2D eigenvalue weighted by atomic mass is 32.2. The third-order valence-corrected chi connectivity index (χ3v) is 4.14. The molecule has 0 aliphatic heterocycles. The number of hydrogen-bond donors (Lipinski definition) is 3. The Kier molecular flexibility index (Phi) is 5.61. The summed E-state index contributed by atoms with van der Waals surface area (Å²) in [5, 5.41) is 3.50. The molecule has 0 saturated heterocycles. The van der Waals surface area contributed by atoms with E-state index in [1.54, 1.807) is 0 Å². The first-order chi connectivity index (χ1) is 8.37. The molecule has 0 aromatic carbocycles. The Morgan fingerprint density at radius 1 is 1.61 bits per heavy atom. The summed E-state index contributed by atoms with van der Waals surface area (Å²) in [6, 6.07) is 0. The van der Waals surface area contributed by atoms with Crippen molar-refractivity contribution in [1.82, 2.24) is 4.98 Å². The van der Waals surface area contributed by atoms with E-state index in [1.807, 2.05) is 13.2 Å². The van der Waals surface area contributed by atoms with Crippen LogP contribution in [-0.4, -0.2) is 39.9 Å². The fourth-order valence-electron chi connectivity index (χ4n) is 1.02. The van der Waals surface area contributed by atoms with Gasteiger partial charge in [-0.3, -0.25) is 4.57 Å².